The molecule has 0 saturated heterocycles. The van der Waals surface area contributed by atoms with Crippen molar-refractivity contribution in [2.75, 3.05) is 0 Å². The van der Waals surface area contributed by atoms with Crippen LogP contribution in [0.2, 0.25) is 0 Å². The van der Waals surface area contributed by atoms with Crippen molar-refractivity contribution in [3.8, 4) is 0 Å². The summed E-state index contributed by atoms with van der Waals surface area (Å²) in [4.78, 5) is 0. The number of rotatable bonds is 1. The lowest BCUT2D eigenvalue weighted by molar-refractivity contribution is 0.333. The molecule has 6 heteroatoms. The molecule has 0 spiro atoms. The van der Waals surface area contributed by atoms with Crippen molar-refractivity contribution >= 4 is 24.0 Å². The van der Waals surface area contributed by atoms with E-state index in [-0.39, 0.29) is 24.0 Å². The van der Waals surface area contributed by atoms with E-state index in [0.717, 1.165) is 6.07 Å². The molecule has 0 saturated carbocycles. The van der Waals surface area contributed by atoms with Gasteiger partial charge in [0.2, 0.25) is 0 Å². The van der Waals surface area contributed by atoms with E-state index in [1.165, 1.54) is 0 Å². The fourth-order valence-electron chi connectivity index (χ4n) is 0.754. The van der Waals surface area contributed by atoms with E-state index in [1.807, 2.05) is 0 Å². The second kappa shape index (κ2) is 4.75. The molecule has 1 rings (SSSR count). The zero-order valence-corrected chi connectivity index (χ0v) is 8.56. The molecular formula is C7H6F4IN. The highest BCUT2D eigenvalue weighted by Gasteiger charge is 2.17. The zero-order chi connectivity index (χ0) is 9.30. The number of halogens is 5. The highest BCUT2D eigenvalue weighted by molar-refractivity contribution is 14.0. The summed E-state index contributed by atoms with van der Waals surface area (Å²) in [6.07, 6.45) is -2.14. The van der Waals surface area contributed by atoms with Gasteiger partial charge in [-0.25, -0.2) is 17.6 Å². The topological polar surface area (TPSA) is 26.0 Å². The van der Waals surface area contributed by atoms with Gasteiger partial charge < -0.3 is 0 Å². The highest BCUT2D eigenvalue weighted by Crippen LogP contribution is 2.20. The van der Waals surface area contributed by atoms with Crippen LogP contribution in [0.5, 0.6) is 0 Å². The van der Waals surface area contributed by atoms with Crippen LogP contribution in [0.25, 0.3) is 0 Å². The summed E-state index contributed by atoms with van der Waals surface area (Å²) >= 11 is 0. The molecule has 1 unspecified atom stereocenters. The van der Waals surface area contributed by atoms with Crippen LogP contribution in [-0.4, -0.2) is 0 Å². The van der Waals surface area contributed by atoms with Crippen LogP contribution in [0.3, 0.4) is 0 Å². The van der Waals surface area contributed by atoms with E-state index in [4.69, 9.17) is 0 Å². The van der Waals surface area contributed by atoms with E-state index in [9.17, 15) is 17.6 Å². The highest BCUT2D eigenvalue weighted by atomic mass is 127. The van der Waals surface area contributed by atoms with E-state index in [1.54, 1.807) is 0 Å². The van der Waals surface area contributed by atoms with Crippen molar-refractivity contribution in [3.63, 3.8) is 0 Å². The molecule has 0 bridgehead atoms. The fourth-order valence-corrected chi connectivity index (χ4v) is 0.754. The SMILES string of the molecule is I.NC(F)c1ccc(F)c(F)c1F. The lowest BCUT2D eigenvalue weighted by Gasteiger charge is -2.04. The molecule has 74 valence electrons. The summed E-state index contributed by atoms with van der Waals surface area (Å²) in [5, 5.41) is 0. The standard InChI is InChI=1S/C7H5F4N.HI/c8-4-2-1-3(7(11)12)5(9)6(4)10;/h1-2,7H,12H2;1H. The summed E-state index contributed by atoms with van der Waals surface area (Å²) in [5.41, 5.74) is 3.95. The third kappa shape index (κ3) is 2.53. The maximum Gasteiger partial charge on any atom is 0.194 e. The van der Waals surface area contributed by atoms with Gasteiger partial charge in [-0.3, -0.25) is 5.73 Å². The maximum absolute atomic E-state index is 12.6. The third-order valence-corrected chi connectivity index (χ3v) is 1.36. The van der Waals surface area contributed by atoms with Crippen molar-refractivity contribution in [3.05, 3.63) is 35.1 Å². The van der Waals surface area contributed by atoms with Crippen LogP contribution in [0.15, 0.2) is 12.1 Å². The van der Waals surface area contributed by atoms with Crippen molar-refractivity contribution in [1.29, 1.82) is 0 Å². The van der Waals surface area contributed by atoms with Gasteiger partial charge in [0.1, 0.15) is 0 Å². The maximum atomic E-state index is 12.6. The average molecular weight is 307 g/mol. The Balaban J connectivity index is 0.00000144. The smallest absolute Gasteiger partial charge is 0.194 e. The molecule has 0 aromatic heterocycles. The summed E-state index contributed by atoms with van der Waals surface area (Å²) in [7, 11) is 0. The summed E-state index contributed by atoms with van der Waals surface area (Å²) in [6, 6.07) is 1.38. The van der Waals surface area contributed by atoms with Gasteiger partial charge in [-0.2, -0.15) is 0 Å². The van der Waals surface area contributed by atoms with Gasteiger partial charge >= 0.3 is 0 Å². The minimum Gasteiger partial charge on any atom is -0.298 e. The van der Waals surface area contributed by atoms with Crippen LogP contribution < -0.4 is 5.73 Å². The largest absolute Gasteiger partial charge is 0.298 e. The molecular weight excluding hydrogens is 301 g/mol. The molecule has 1 aromatic rings. The van der Waals surface area contributed by atoms with Crippen molar-refractivity contribution in [2.24, 2.45) is 5.73 Å². The Morgan fingerprint density at radius 2 is 1.62 bits per heavy atom. The Kier molecular flexibility index (Phi) is 4.62. The first-order valence-corrected chi connectivity index (χ1v) is 3.07. The van der Waals surface area contributed by atoms with E-state index < -0.39 is 29.3 Å². The Hall–Kier alpha value is -0.370. The molecule has 0 heterocycles. The Morgan fingerprint density at radius 1 is 1.08 bits per heavy atom. The lowest BCUT2D eigenvalue weighted by Crippen LogP contribution is -2.08. The molecule has 0 radical (unpaired) electrons. The van der Waals surface area contributed by atoms with Gasteiger partial charge in [0.05, 0.1) is 0 Å². The molecule has 1 atom stereocenters. The van der Waals surface area contributed by atoms with E-state index >= 15 is 0 Å². The average Bonchev–Trinajstić information content (AvgIpc) is 2.00. The van der Waals surface area contributed by atoms with Crippen LogP contribution >= 0.6 is 24.0 Å². The second-order valence-corrected chi connectivity index (χ2v) is 2.17. The van der Waals surface area contributed by atoms with Crippen LogP contribution in [-0.2, 0) is 0 Å². The van der Waals surface area contributed by atoms with Crippen LogP contribution in [0.1, 0.15) is 11.9 Å². The Labute approximate surface area is 88.9 Å². The third-order valence-electron chi connectivity index (χ3n) is 1.36. The first-order valence-electron chi connectivity index (χ1n) is 3.07. The second-order valence-electron chi connectivity index (χ2n) is 2.17. The van der Waals surface area contributed by atoms with Crippen LogP contribution in [0.4, 0.5) is 17.6 Å². The minimum atomic E-state index is -2.14. The first kappa shape index (κ1) is 12.6. The van der Waals surface area contributed by atoms with Crippen molar-refractivity contribution in [2.45, 2.75) is 6.30 Å². The van der Waals surface area contributed by atoms with Gasteiger partial charge in [-0.05, 0) is 12.1 Å². The van der Waals surface area contributed by atoms with Crippen LogP contribution in [0, 0.1) is 17.5 Å². The monoisotopic (exact) mass is 307 g/mol. The summed E-state index contributed by atoms with van der Waals surface area (Å²) in [6.45, 7) is 0. The Morgan fingerprint density at radius 3 is 2.08 bits per heavy atom. The molecule has 0 aliphatic rings. The van der Waals surface area contributed by atoms with Gasteiger partial charge in [0.15, 0.2) is 23.7 Å². The number of hydrogen-bond donors (Lipinski definition) is 1. The normalized spacial score (nSPS) is 12.1. The minimum absolute atomic E-state index is 0. The number of nitrogens with two attached hydrogens (primary N) is 1. The summed E-state index contributed by atoms with van der Waals surface area (Å²) < 4.78 is 49.5. The molecule has 2 N–H and O–H groups in total. The van der Waals surface area contributed by atoms with E-state index in [0.29, 0.717) is 6.07 Å². The molecule has 0 aliphatic heterocycles. The van der Waals surface area contributed by atoms with Gasteiger partial charge in [0, 0.05) is 5.56 Å². The number of alkyl halides is 1. The van der Waals surface area contributed by atoms with Gasteiger partial charge in [-0.1, -0.05) is 0 Å². The zero-order valence-electron chi connectivity index (χ0n) is 6.23. The quantitative estimate of drug-likeness (QED) is 0.367. The van der Waals surface area contributed by atoms with E-state index in [2.05, 4.69) is 5.73 Å². The molecule has 0 aliphatic carbocycles. The lowest BCUT2D eigenvalue weighted by atomic mass is 10.2. The molecule has 13 heavy (non-hydrogen) atoms. The summed E-state index contributed by atoms with van der Waals surface area (Å²) in [5.74, 6) is -4.65. The van der Waals surface area contributed by atoms with Crippen molar-refractivity contribution in [1.82, 2.24) is 0 Å². The van der Waals surface area contributed by atoms with Crippen molar-refractivity contribution < 1.29 is 17.6 Å². The molecule has 1 aromatic carbocycles. The van der Waals surface area contributed by atoms with Gasteiger partial charge in [-0.15, -0.1) is 24.0 Å². The van der Waals surface area contributed by atoms with Gasteiger partial charge in [0.25, 0.3) is 0 Å². The number of hydrogen-bond acceptors (Lipinski definition) is 1. The predicted molar refractivity (Wildman–Crippen MR) is 49.8 cm³/mol. The molecule has 0 fully saturated rings. The first-order chi connectivity index (χ1) is 5.54. The Bertz CT molecular complexity index is 303. The fraction of sp³-hybridized carbons (Fsp3) is 0.143. The molecule has 1 nitrogen and oxygen atoms in total. The number of benzene rings is 1. The predicted octanol–water partition coefficient (Wildman–Crippen LogP) is 2.65. The molecule has 0 amide bonds.